The van der Waals surface area contributed by atoms with Crippen molar-refractivity contribution in [1.82, 2.24) is 10.2 Å². The molecule has 1 saturated heterocycles. The van der Waals surface area contributed by atoms with Gasteiger partial charge in [-0.2, -0.15) is 0 Å². The van der Waals surface area contributed by atoms with Crippen LogP contribution in [-0.4, -0.2) is 49.5 Å². The molecule has 1 heterocycles. The Balaban J connectivity index is 1.68. The fraction of sp³-hybridized carbons (Fsp3) is 0.458. The van der Waals surface area contributed by atoms with E-state index in [1.54, 1.807) is 6.92 Å². The van der Waals surface area contributed by atoms with Gasteiger partial charge in [0, 0.05) is 25.2 Å². The average Bonchev–Trinajstić information content (AvgIpc) is 2.81. The zero-order chi connectivity index (χ0) is 24.7. The maximum Gasteiger partial charge on any atom is 0.271 e. The molecule has 0 radical (unpaired) electrons. The first-order valence-corrected chi connectivity index (χ1v) is 13.4. The summed E-state index contributed by atoms with van der Waals surface area (Å²) >= 11 is 0. The summed E-state index contributed by atoms with van der Waals surface area (Å²) in [6, 6.07) is 12.3. The lowest BCUT2D eigenvalue weighted by Crippen LogP contribution is -2.49. The first-order chi connectivity index (χ1) is 16.2. The monoisotopic (exact) mass is 488 g/mol. The number of rotatable bonds is 10. The molecule has 2 aromatic rings. The van der Waals surface area contributed by atoms with Crippen LogP contribution in [0.3, 0.4) is 0 Å². The van der Waals surface area contributed by atoms with E-state index in [-0.39, 0.29) is 24.3 Å². The Labute approximate surface area is 201 Å². The summed E-state index contributed by atoms with van der Waals surface area (Å²) in [7, 11) is -3.87. The summed E-state index contributed by atoms with van der Waals surface area (Å²) in [4.78, 5) is 26.0. The molecule has 1 aliphatic rings. The predicted octanol–water partition coefficient (Wildman–Crippen LogP) is 3.44. The fourth-order valence-electron chi connectivity index (χ4n) is 4.25. The maximum absolute atomic E-state index is 13.0. The molecule has 0 spiro atoms. The van der Waals surface area contributed by atoms with Gasteiger partial charge in [-0.25, -0.2) is 8.42 Å². The van der Waals surface area contributed by atoms with Crippen LogP contribution in [0.15, 0.2) is 48.5 Å². The molecule has 184 valence electrons. The van der Waals surface area contributed by atoms with E-state index in [0.29, 0.717) is 0 Å². The Morgan fingerprint density at radius 1 is 1.12 bits per heavy atom. The molecule has 0 unspecified atom stereocenters. The number of nitrogens with one attached hydrogen (secondary N) is 1. The van der Waals surface area contributed by atoms with Crippen LogP contribution < -0.4 is 9.62 Å². The van der Waals surface area contributed by atoms with Crippen molar-refractivity contribution in [3.05, 3.63) is 69.8 Å². The lowest BCUT2D eigenvalue weighted by molar-refractivity contribution is -0.384. The van der Waals surface area contributed by atoms with Crippen LogP contribution in [0.25, 0.3) is 0 Å². The largest absolute Gasteiger partial charge is 0.350 e. The zero-order valence-electron chi connectivity index (χ0n) is 19.6. The topological polar surface area (TPSA) is 113 Å². The highest BCUT2D eigenvalue weighted by atomic mass is 32.2. The molecule has 1 N–H and O–H groups in total. The molecule has 3 rings (SSSR count). The van der Waals surface area contributed by atoms with Gasteiger partial charge in [0.25, 0.3) is 5.69 Å². The lowest BCUT2D eigenvalue weighted by Gasteiger charge is -2.30. The number of nitrogens with zero attached hydrogens (tertiary/aromatic N) is 3. The lowest BCUT2D eigenvalue weighted by atomic mass is 10.1. The molecule has 1 atom stereocenters. The van der Waals surface area contributed by atoms with E-state index in [9.17, 15) is 23.3 Å². The van der Waals surface area contributed by atoms with Gasteiger partial charge in [0.15, 0.2) is 0 Å². The van der Waals surface area contributed by atoms with Gasteiger partial charge in [-0.15, -0.1) is 0 Å². The number of amides is 1. The van der Waals surface area contributed by atoms with Crippen LogP contribution in [0.5, 0.6) is 0 Å². The molecule has 1 fully saturated rings. The smallest absolute Gasteiger partial charge is 0.271 e. The Kier molecular flexibility index (Phi) is 8.62. The summed E-state index contributed by atoms with van der Waals surface area (Å²) in [6.45, 7) is 5.12. The number of hydrogen-bond donors (Lipinski definition) is 1. The number of benzene rings is 2. The predicted molar refractivity (Wildman–Crippen MR) is 132 cm³/mol. The van der Waals surface area contributed by atoms with Gasteiger partial charge in [0.1, 0.15) is 6.04 Å². The maximum atomic E-state index is 13.0. The third kappa shape index (κ3) is 6.77. The van der Waals surface area contributed by atoms with E-state index in [1.807, 2.05) is 12.1 Å². The van der Waals surface area contributed by atoms with E-state index < -0.39 is 26.9 Å². The molecule has 1 aliphatic heterocycles. The number of anilines is 1. The van der Waals surface area contributed by atoms with Crippen LogP contribution in [-0.2, 0) is 27.9 Å². The van der Waals surface area contributed by atoms with Crippen molar-refractivity contribution in [1.29, 1.82) is 0 Å². The number of sulfonamides is 1. The second-order valence-electron chi connectivity index (χ2n) is 8.63. The molecule has 0 aromatic heterocycles. The molecule has 9 nitrogen and oxygen atoms in total. The van der Waals surface area contributed by atoms with Crippen LogP contribution in [0, 0.1) is 10.1 Å². The van der Waals surface area contributed by atoms with Gasteiger partial charge in [0.2, 0.25) is 15.9 Å². The highest BCUT2D eigenvalue weighted by molar-refractivity contribution is 7.92. The van der Waals surface area contributed by atoms with Crippen molar-refractivity contribution in [3.63, 3.8) is 0 Å². The second kappa shape index (κ2) is 11.4. The standard InChI is InChI=1S/C24H32N4O5S/c1-3-23(27(34(2,32)33)21-8-7-9-22(16-21)28(30)31)24(29)25-17-19-10-12-20(13-11-19)18-26-14-5-4-6-15-26/h7-13,16,23H,3-6,14-15,17-18H2,1-2H3,(H,25,29)/t23-/m0/s1. The zero-order valence-corrected chi connectivity index (χ0v) is 20.5. The van der Waals surface area contributed by atoms with Crippen LogP contribution in [0.2, 0.25) is 0 Å². The van der Waals surface area contributed by atoms with Gasteiger partial charge in [0.05, 0.1) is 16.9 Å². The van der Waals surface area contributed by atoms with Crippen molar-refractivity contribution in [2.24, 2.45) is 0 Å². The highest BCUT2D eigenvalue weighted by Crippen LogP contribution is 2.26. The Morgan fingerprint density at radius 3 is 2.35 bits per heavy atom. The van der Waals surface area contributed by atoms with Gasteiger partial charge in [-0.3, -0.25) is 24.1 Å². The van der Waals surface area contributed by atoms with Crippen molar-refractivity contribution >= 4 is 27.3 Å². The van der Waals surface area contributed by atoms with E-state index in [2.05, 4.69) is 22.3 Å². The molecule has 2 aromatic carbocycles. The Morgan fingerprint density at radius 2 is 1.76 bits per heavy atom. The summed E-state index contributed by atoms with van der Waals surface area (Å²) < 4.78 is 26.1. The van der Waals surface area contributed by atoms with Crippen molar-refractivity contribution in [3.8, 4) is 0 Å². The average molecular weight is 489 g/mol. The number of nitro groups is 1. The molecular weight excluding hydrogens is 456 g/mol. The minimum Gasteiger partial charge on any atom is -0.350 e. The summed E-state index contributed by atoms with van der Waals surface area (Å²) in [5, 5.41) is 14.0. The van der Waals surface area contributed by atoms with Crippen LogP contribution in [0.4, 0.5) is 11.4 Å². The number of nitro benzene ring substituents is 1. The molecule has 0 saturated carbocycles. The minimum absolute atomic E-state index is 0.0840. The number of carbonyl (C=O) groups is 1. The van der Waals surface area contributed by atoms with Crippen LogP contribution in [0.1, 0.15) is 43.7 Å². The number of hydrogen-bond acceptors (Lipinski definition) is 6. The number of likely N-dealkylation sites (tertiary alicyclic amines) is 1. The number of carbonyl (C=O) groups excluding carboxylic acids is 1. The van der Waals surface area contributed by atoms with Gasteiger partial charge < -0.3 is 5.32 Å². The van der Waals surface area contributed by atoms with E-state index in [4.69, 9.17) is 0 Å². The summed E-state index contributed by atoms with van der Waals surface area (Å²) in [6.07, 6.45) is 4.97. The highest BCUT2D eigenvalue weighted by Gasteiger charge is 2.32. The van der Waals surface area contributed by atoms with E-state index in [1.165, 1.54) is 43.0 Å². The molecule has 34 heavy (non-hydrogen) atoms. The van der Waals surface area contributed by atoms with Gasteiger partial charge >= 0.3 is 0 Å². The minimum atomic E-state index is -3.87. The van der Waals surface area contributed by atoms with Gasteiger partial charge in [-0.1, -0.05) is 43.7 Å². The van der Waals surface area contributed by atoms with E-state index in [0.717, 1.165) is 41.8 Å². The van der Waals surface area contributed by atoms with Crippen molar-refractivity contribution < 1.29 is 18.1 Å². The summed E-state index contributed by atoms with van der Waals surface area (Å²) in [5.41, 5.74) is 1.97. The molecule has 0 aliphatic carbocycles. The quantitative estimate of drug-likeness (QED) is 0.405. The fourth-order valence-corrected chi connectivity index (χ4v) is 5.45. The van der Waals surface area contributed by atoms with Gasteiger partial charge in [-0.05, 0) is 49.5 Å². The van der Waals surface area contributed by atoms with E-state index >= 15 is 0 Å². The SMILES string of the molecule is CC[C@@H](C(=O)NCc1ccc(CN2CCCCC2)cc1)N(c1cccc([N+](=O)[O-])c1)S(C)(=O)=O. The molecule has 0 bridgehead atoms. The third-order valence-corrected chi connectivity index (χ3v) is 7.15. The number of non-ortho nitro benzene ring substituents is 1. The first-order valence-electron chi connectivity index (χ1n) is 11.5. The number of piperidine rings is 1. The molecule has 1 amide bonds. The first kappa shape index (κ1) is 25.6. The molecule has 10 heteroatoms. The third-order valence-electron chi connectivity index (χ3n) is 5.97. The molecular formula is C24H32N4O5S. The Bertz CT molecular complexity index is 1100. The van der Waals surface area contributed by atoms with Crippen molar-refractivity contribution in [2.45, 2.75) is 51.7 Å². The van der Waals surface area contributed by atoms with Crippen molar-refractivity contribution in [2.75, 3.05) is 23.7 Å². The summed E-state index contributed by atoms with van der Waals surface area (Å²) in [5.74, 6) is -0.461. The Hall–Kier alpha value is -2.98. The second-order valence-corrected chi connectivity index (χ2v) is 10.5. The normalized spacial score (nSPS) is 15.5. The van der Waals surface area contributed by atoms with Crippen LogP contribution >= 0.6 is 0 Å².